The molecule has 20 heavy (non-hydrogen) atoms. The van der Waals surface area contributed by atoms with Crippen LogP contribution >= 0.6 is 0 Å². The molecule has 1 aromatic heterocycles. The Balaban J connectivity index is 1.99. The minimum atomic E-state index is -2.61. The Bertz CT molecular complexity index is 540. The van der Waals surface area contributed by atoms with Gasteiger partial charge in [0.05, 0.1) is 0 Å². The number of imidazole rings is 1. The maximum Gasteiger partial charge on any atom is 0.320 e. The monoisotopic (exact) mass is 281 g/mol. The van der Waals surface area contributed by atoms with Crippen molar-refractivity contribution in [2.45, 2.75) is 32.5 Å². The molecule has 2 N–H and O–H groups in total. The zero-order valence-electron chi connectivity index (χ0n) is 11.2. The highest BCUT2D eigenvalue weighted by Crippen LogP contribution is 2.19. The lowest BCUT2D eigenvalue weighted by Crippen LogP contribution is -2.09. The minimum Gasteiger partial charge on any atom is -0.486 e. The van der Waals surface area contributed by atoms with Crippen LogP contribution in [0.3, 0.4) is 0 Å². The van der Waals surface area contributed by atoms with Crippen molar-refractivity contribution in [3.63, 3.8) is 0 Å². The molecule has 108 valence electrons. The average molecular weight is 281 g/mol. The first kappa shape index (κ1) is 14.5. The Hall–Kier alpha value is -1.95. The number of nitrogens with zero attached hydrogens (tertiary/aromatic N) is 2. The van der Waals surface area contributed by atoms with E-state index in [1.54, 1.807) is 12.1 Å². The van der Waals surface area contributed by atoms with Gasteiger partial charge in [0.2, 0.25) is 0 Å². The topological polar surface area (TPSA) is 53.1 Å². The van der Waals surface area contributed by atoms with Crippen LogP contribution < -0.4 is 10.5 Å². The van der Waals surface area contributed by atoms with E-state index < -0.39 is 6.55 Å². The molecule has 0 aliphatic heterocycles. The van der Waals surface area contributed by atoms with Crippen LogP contribution in [-0.4, -0.2) is 9.55 Å². The summed E-state index contributed by atoms with van der Waals surface area (Å²) in [6, 6.07) is 7.31. The molecule has 0 spiro atoms. The Labute approximate surface area is 116 Å². The van der Waals surface area contributed by atoms with Gasteiger partial charge in [0, 0.05) is 18.4 Å². The van der Waals surface area contributed by atoms with Crippen molar-refractivity contribution >= 4 is 0 Å². The molecular formula is C14H17F2N3O. The van der Waals surface area contributed by atoms with Gasteiger partial charge in [-0.2, -0.15) is 8.78 Å². The Morgan fingerprint density at radius 1 is 1.30 bits per heavy atom. The first-order valence-electron chi connectivity index (χ1n) is 6.40. The summed E-state index contributed by atoms with van der Waals surface area (Å²) in [5.74, 6) is 0.787. The van der Waals surface area contributed by atoms with Crippen molar-refractivity contribution in [3.8, 4) is 5.75 Å². The van der Waals surface area contributed by atoms with Crippen LogP contribution in [0.5, 0.6) is 5.75 Å². The van der Waals surface area contributed by atoms with E-state index in [9.17, 15) is 8.78 Å². The molecule has 0 aliphatic carbocycles. The first-order chi connectivity index (χ1) is 9.61. The number of ether oxygens (including phenoxy) is 1. The van der Waals surface area contributed by atoms with Gasteiger partial charge >= 0.3 is 6.55 Å². The molecule has 6 heteroatoms. The summed E-state index contributed by atoms with van der Waals surface area (Å²) in [6.45, 7) is -0.600. The molecule has 1 atom stereocenters. The number of rotatable bonds is 6. The van der Waals surface area contributed by atoms with Crippen LogP contribution in [0.4, 0.5) is 8.78 Å². The first-order valence-corrected chi connectivity index (χ1v) is 6.40. The molecule has 2 aromatic rings. The van der Waals surface area contributed by atoms with Gasteiger partial charge in [0.25, 0.3) is 0 Å². The van der Waals surface area contributed by atoms with Gasteiger partial charge in [-0.3, -0.25) is 4.57 Å². The third-order valence-electron chi connectivity index (χ3n) is 3.08. The second kappa shape index (κ2) is 6.47. The Kier molecular flexibility index (Phi) is 4.68. The van der Waals surface area contributed by atoms with Crippen LogP contribution in [0.1, 0.15) is 37.3 Å². The normalized spacial score (nSPS) is 12.7. The molecule has 4 nitrogen and oxygen atoms in total. The highest BCUT2D eigenvalue weighted by molar-refractivity contribution is 5.29. The second-order valence-corrected chi connectivity index (χ2v) is 4.40. The largest absolute Gasteiger partial charge is 0.486 e. The molecule has 0 bridgehead atoms. The van der Waals surface area contributed by atoms with Crippen LogP contribution in [0, 0.1) is 0 Å². The summed E-state index contributed by atoms with van der Waals surface area (Å²) >= 11 is 0. The lowest BCUT2D eigenvalue weighted by molar-refractivity contribution is 0.0632. The second-order valence-electron chi connectivity index (χ2n) is 4.40. The van der Waals surface area contributed by atoms with Gasteiger partial charge in [-0.1, -0.05) is 19.1 Å². The highest BCUT2D eigenvalue weighted by Gasteiger charge is 2.11. The molecule has 1 heterocycles. The van der Waals surface area contributed by atoms with Crippen molar-refractivity contribution in [2.75, 3.05) is 0 Å². The SMILES string of the molecule is CC[C@@H](N)c1ccc(OCc2nccn2C(F)F)cc1. The number of hydrogen-bond donors (Lipinski definition) is 1. The van der Waals surface area contributed by atoms with Gasteiger partial charge in [-0.15, -0.1) is 0 Å². The molecule has 0 saturated heterocycles. The number of alkyl halides is 2. The third-order valence-corrected chi connectivity index (χ3v) is 3.08. The predicted molar refractivity (Wildman–Crippen MR) is 71.5 cm³/mol. The van der Waals surface area contributed by atoms with Gasteiger partial charge in [0.15, 0.2) is 5.82 Å². The molecule has 0 amide bonds. The van der Waals surface area contributed by atoms with E-state index in [1.165, 1.54) is 12.4 Å². The standard InChI is InChI=1S/C14H17F2N3O/c1-2-12(17)10-3-5-11(6-4-10)20-9-13-18-7-8-19(13)14(15)16/h3-8,12,14H,2,9,17H2,1H3/t12-/m1/s1. The van der Waals surface area contributed by atoms with Gasteiger partial charge in [-0.25, -0.2) is 4.98 Å². The van der Waals surface area contributed by atoms with E-state index in [1.807, 2.05) is 19.1 Å². The summed E-state index contributed by atoms with van der Waals surface area (Å²) in [6.07, 6.45) is 3.41. The van der Waals surface area contributed by atoms with E-state index in [0.717, 1.165) is 16.6 Å². The Morgan fingerprint density at radius 2 is 2.00 bits per heavy atom. The fourth-order valence-electron chi connectivity index (χ4n) is 1.83. The van der Waals surface area contributed by atoms with Gasteiger partial charge < -0.3 is 10.5 Å². The third kappa shape index (κ3) is 3.33. The van der Waals surface area contributed by atoms with Gasteiger partial charge in [0.1, 0.15) is 12.4 Å². The number of nitrogens with two attached hydrogens (primary N) is 1. The molecule has 0 radical (unpaired) electrons. The summed E-state index contributed by atoms with van der Waals surface area (Å²) in [4.78, 5) is 3.85. The number of hydrogen-bond acceptors (Lipinski definition) is 3. The van der Waals surface area contributed by atoms with Crippen LogP contribution in [-0.2, 0) is 6.61 Å². The molecule has 0 unspecified atom stereocenters. The fourth-order valence-corrected chi connectivity index (χ4v) is 1.83. The number of aromatic nitrogens is 2. The zero-order chi connectivity index (χ0) is 14.5. The summed E-state index contributed by atoms with van der Waals surface area (Å²) in [7, 11) is 0. The van der Waals surface area contributed by atoms with E-state index in [-0.39, 0.29) is 18.5 Å². The molecule has 1 aromatic carbocycles. The fraction of sp³-hybridized carbons (Fsp3) is 0.357. The predicted octanol–water partition coefficient (Wildman–Crippen LogP) is 3.27. The lowest BCUT2D eigenvalue weighted by atomic mass is 10.1. The van der Waals surface area contributed by atoms with E-state index >= 15 is 0 Å². The number of halogens is 2. The van der Waals surface area contributed by atoms with Crippen molar-refractivity contribution < 1.29 is 13.5 Å². The molecule has 0 aliphatic rings. The average Bonchev–Trinajstić information content (AvgIpc) is 2.93. The van der Waals surface area contributed by atoms with Crippen LogP contribution in [0.25, 0.3) is 0 Å². The maximum absolute atomic E-state index is 12.6. The summed E-state index contributed by atoms with van der Waals surface area (Å²) < 4.78 is 31.5. The highest BCUT2D eigenvalue weighted by atomic mass is 19.3. The van der Waals surface area contributed by atoms with Crippen molar-refractivity contribution in [1.29, 1.82) is 0 Å². The Morgan fingerprint density at radius 3 is 2.60 bits per heavy atom. The van der Waals surface area contributed by atoms with Gasteiger partial charge in [-0.05, 0) is 24.1 Å². The van der Waals surface area contributed by atoms with Crippen molar-refractivity contribution in [2.24, 2.45) is 5.73 Å². The summed E-state index contributed by atoms with van der Waals surface area (Å²) in [5.41, 5.74) is 6.93. The van der Waals surface area contributed by atoms with Crippen LogP contribution in [0.2, 0.25) is 0 Å². The van der Waals surface area contributed by atoms with Crippen molar-refractivity contribution in [1.82, 2.24) is 9.55 Å². The maximum atomic E-state index is 12.6. The molecule has 2 rings (SSSR count). The summed E-state index contributed by atoms with van der Waals surface area (Å²) in [5, 5.41) is 0. The lowest BCUT2D eigenvalue weighted by Gasteiger charge is -2.11. The molecule has 0 saturated carbocycles. The molecule has 0 fully saturated rings. The number of benzene rings is 1. The molecular weight excluding hydrogens is 264 g/mol. The van der Waals surface area contributed by atoms with E-state index in [4.69, 9.17) is 10.5 Å². The quantitative estimate of drug-likeness (QED) is 0.884. The van der Waals surface area contributed by atoms with Crippen LogP contribution in [0.15, 0.2) is 36.7 Å². The van der Waals surface area contributed by atoms with Crippen molar-refractivity contribution in [3.05, 3.63) is 48.0 Å². The van der Waals surface area contributed by atoms with E-state index in [0.29, 0.717) is 5.75 Å². The van der Waals surface area contributed by atoms with E-state index in [2.05, 4.69) is 4.98 Å². The smallest absolute Gasteiger partial charge is 0.320 e. The minimum absolute atomic E-state index is 0.00165. The zero-order valence-corrected chi connectivity index (χ0v) is 11.2.